The fraction of sp³-hybridized carbons (Fsp3) is 0.0526. The lowest BCUT2D eigenvalue weighted by atomic mass is 10.1. The third-order valence-corrected chi connectivity index (χ3v) is 4.28. The van der Waals surface area contributed by atoms with Gasteiger partial charge in [-0.1, -0.05) is 48.0 Å². The van der Waals surface area contributed by atoms with E-state index >= 15 is 0 Å². The summed E-state index contributed by atoms with van der Waals surface area (Å²) in [6.45, 7) is 0. The Hall–Kier alpha value is -2.85. The maximum absolute atomic E-state index is 12.7. The van der Waals surface area contributed by atoms with Crippen molar-refractivity contribution in [1.82, 2.24) is 0 Å². The smallest absolute Gasteiger partial charge is 0.241 e. The molecule has 0 aromatic heterocycles. The minimum atomic E-state index is -0.317. The van der Waals surface area contributed by atoms with Gasteiger partial charge in [-0.2, -0.15) is 0 Å². The van der Waals surface area contributed by atoms with Gasteiger partial charge >= 0.3 is 0 Å². The summed E-state index contributed by atoms with van der Waals surface area (Å²) < 4.78 is 0. The van der Waals surface area contributed by atoms with Gasteiger partial charge in [-0.05, 0) is 29.7 Å². The average Bonchev–Trinajstić information content (AvgIpc) is 2.69. The van der Waals surface area contributed by atoms with Gasteiger partial charge in [-0.15, -0.1) is 0 Å². The zero-order chi connectivity index (χ0) is 16.7. The number of carbonyl (C=O) groups excluding carboxylic acids is 2. The van der Waals surface area contributed by atoms with Gasteiger partial charge in [0.05, 0.1) is 17.1 Å². The molecule has 0 saturated carbocycles. The number of nitrogens with one attached hydrogen (secondary N) is 1. The fourth-order valence-corrected chi connectivity index (χ4v) is 3.19. The summed E-state index contributed by atoms with van der Waals surface area (Å²) in [5, 5.41) is 5.30. The Kier molecular flexibility index (Phi) is 3.47. The number of fused-ring (bicyclic) bond motifs is 3. The minimum Gasteiger partial charge on any atom is -0.323 e. The van der Waals surface area contributed by atoms with Gasteiger partial charge in [0.25, 0.3) is 0 Å². The monoisotopic (exact) mass is 336 g/mol. The highest BCUT2D eigenvalue weighted by Gasteiger charge is 2.28. The second-order valence-electron chi connectivity index (χ2n) is 5.61. The predicted octanol–water partition coefficient (Wildman–Crippen LogP) is 4.50. The van der Waals surface area contributed by atoms with Crippen LogP contribution in [-0.2, 0) is 9.59 Å². The first-order valence-corrected chi connectivity index (χ1v) is 7.91. The van der Waals surface area contributed by atoms with Crippen LogP contribution in [0.5, 0.6) is 0 Å². The Bertz CT molecular complexity index is 984. The zero-order valence-corrected chi connectivity index (χ0v) is 13.4. The maximum Gasteiger partial charge on any atom is 0.241 e. The van der Waals surface area contributed by atoms with Gasteiger partial charge in [0, 0.05) is 10.4 Å². The van der Waals surface area contributed by atoms with Gasteiger partial charge in [-0.3, -0.25) is 14.5 Å². The molecule has 0 spiro atoms. The molecule has 0 radical (unpaired) electrons. The number of hydrogen-bond acceptors (Lipinski definition) is 2. The first kappa shape index (κ1) is 14.7. The average molecular weight is 337 g/mol. The molecular formula is C19H13ClN2O2. The van der Waals surface area contributed by atoms with Crippen LogP contribution in [0.25, 0.3) is 10.8 Å². The Labute approximate surface area is 143 Å². The van der Waals surface area contributed by atoms with Crippen molar-refractivity contribution in [3.63, 3.8) is 0 Å². The van der Waals surface area contributed by atoms with Gasteiger partial charge < -0.3 is 5.32 Å². The number of rotatable bonds is 1. The number of nitrogens with zero attached hydrogens (tertiary/aromatic N) is 1. The molecule has 3 aromatic rings. The first-order chi connectivity index (χ1) is 11.6. The summed E-state index contributed by atoms with van der Waals surface area (Å²) in [6.07, 6.45) is -0.213. The standard InChI is InChI=1S/C19H13ClN2O2/c20-13-5-3-6-14(10-13)22-16-9-8-12-4-1-2-7-15(12)19(16)21-17(23)11-18(22)24/h1-10H,11H2,(H,21,23). The van der Waals surface area contributed by atoms with Crippen LogP contribution < -0.4 is 10.2 Å². The van der Waals surface area contributed by atoms with E-state index in [0.717, 1.165) is 10.8 Å². The first-order valence-electron chi connectivity index (χ1n) is 7.53. The molecule has 0 atom stereocenters. The molecule has 3 aromatic carbocycles. The lowest BCUT2D eigenvalue weighted by Gasteiger charge is -2.23. The highest BCUT2D eigenvalue weighted by atomic mass is 35.5. The summed E-state index contributed by atoms with van der Waals surface area (Å²) in [6, 6.07) is 18.6. The van der Waals surface area contributed by atoms with Crippen LogP contribution in [0.4, 0.5) is 17.1 Å². The zero-order valence-electron chi connectivity index (χ0n) is 12.6. The van der Waals surface area contributed by atoms with Crippen molar-refractivity contribution >= 4 is 51.2 Å². The second kappa shape index (κ2) is 5.65. The molecule has 118 valence electrons. The Morgan fingerprint density at radius 2 is 1.79 bits per heavy atom. The van der Waals surface area contributed by atoms with E-state index in [2.05, 4.69) is 5.32 Å². The lowest BCUT2D eigenvalue weighted by Crippen LogP contribution is -2.26. The Morgan fingerprint density at radius 3 is 2.62 bits per heavy atom. The fourth-order valence-electron chi connectivity index (χ4n) is 3.01. The molecule has 2 amide bonds. The van der Waals surface area contributed by atoms with Crippen molar-refractivity contribution in [2.75, 3.05) is 10.2 Å². The van der Waals surface area contributed by atoms with Crippen LogP contribution in [0.2, 0.25) is 5.02 Å². The maximum atomic E-state index is 12.7. The van der Waals surface area contributed by atoms with Crippen LogP contribution in [0.15, 0.2) is 60.7 Å². The SMILES string of the molecule is O=C1CC(=O)N(c2cccc(Cl)c2)c2ccc3ccccc3c2N1. The van der Waals surface area contributed by atoms with E-state index in [4.69, 9.17) is 11.6 Å². The molecule has 0 aliphatic carbocycles. The molecular weight excluding hydrogens is 324 g/mol. The molecule has 1 aliphatic heterocycles. The highest BCUT2D eigenvalue weighted by molar-refractivity contribution is 6.31. The van der Waals surface area contributed by atoms with E-state index in [1.807, 2.05) is 36.4 Å². The highest BCUT2D eigenvalue weighted by Crippen LogP contribution is 2.40. The molecule has 1 aliphatic rings. The van der Waals surface area contributed by atoms with Crippen LogP contribution in [0.1, 0.15) is 6.42 Å². The Morgan fingerprint density at radius 1 is 0.958 bits per heavy atom. The minimum absolute atomic E-state index is 0.213. The van der Waals surface area contributed by atoms with Crippen molar-refractivity contribution in [3.8, 4) is 0 Å². The van der Waals surface area contributed by atoms with E-state index in [1.54, 1.807) is 29.2 Å². The van der Waals surface area contributed by atoms with Crippen molar-refractivity contribution in [2.24, 2.45) is 0 Å². The van der Waals surface area contributed by atoms with Crippen molar-refractivity contribution in [2.45, 2.75) is 6.42 Å². The summed E-state index contributed by atoms with van der Waals surface area (Å²) in [5.74, 6) is -0.606. The topological polar surface area (TPSA) is 49.4 Å². The molecule has 0 fully saturated rings. The second-order valence-corrected chi connectivity index (χ2v) is 6.05. The molecule has 0 saturated heterocycles. The van der Waals surface area contributed by atoms with E-state index in [0.29, 0.717) is 22.1 Å². The summed E-state index contributed by atoms with van der Waals surface area (Å²) >= 11 is 6.08. The lowest BCUT2D eigenvalue weighted by molar-refractivity contribution is -0.124. The molecule has 1 heterocycles. The largest absolute Gasteiger partial charge is 0.323 e. The quantitative estimate of drug-likeness (QED) is 0.665. The predicted molar refractivity (Wildman–Crippen MR) is 95.8 cm³/mol. The van der Waals surface area contributed by atoms with Crippen LogP contribution in [-0.4, -0.2) is 11.8 Å². The van der Waals surface area contributed by atoms with E-state index in [-0.39, 0.29) is 18.2 Å². The van der Waals surface area contributed by atoms with Crippen LogP contribution in [0, 0.1) is 0 Å². The molecule has 5 heteroatoms. The number of amides is 2. The molecule has 0 unspecified atom stereocenters. The Balaban J connectivity index is 2.00. The molecule has 1 N–H and O–H groups in total. The third-order valence-electron chi connectivity index (χ3n) is 4.04. The number of carbonyl (C=O) groups is 2. The van der Waals surface area contributed by atoms with Crippen molar-refractivity contribution in [3.05, 3.63) is 65.7 Å². The van der Waals surface area contributed by atoms with E-state index in [1.165, 1.54) is 0 Å². The summed E-state index contributed by atoms with van der Waals surface area (Å²) in [4.78, 5) is 26.4. The van der Waals surface area contributed by atoms with Crippen molar-refractivity contribution in [1.29, 1.82) is 0 Å². The number of halogens is 1. The normalized spacial score (nSPS) is 14.3. The third kappa shape index (κ3) is 2.41. The molecule has 24 heavy (non-hydrogen) atoms. The summed E-state index contributed by atoms with van der Waals surface area (Å²) in [7, 11) is 0. The molecule has 4 nitrogen and oxygen atoms in total. The number of benzene rings is 3. The number of anilines is 3. The van der Waals surface area contributed by atoms with E-state index < -0.39 is 0 Å². The van der Waals surface area contributed by atoms with Gasteiger partial charge in [0.2, 0.25) is 11.8 Å². The van der Waals surface area contributed by atoms with E-state index in [9.17, 15) is 9.59 Å². The van der Waals surface area contributed by atoms with Crippen LogP contribution >= 0.6 is 11.6 Å². The van der Waals surface area contributed by atoms with Gasteiger partial charge in [-0.25, -0.2) is 0 Å². The molecule has 0 bridgehead atoms. The van der Waals surface area contributed by atoms with Crippen LogP contribution in [0.3, 0.4) is 0 Å². The number of hydrogen-bond donors (Lipinski definition) is 1. The van der Waals surface area contributed by atoms with Crippen molar-refractivity contribution < 1.29 is 9.59 Å². The molecule has 4 rings (SSSR count). The summed E-state index contributed by atoms with van der Waals surface area (Å²) in [5.41, 5.74) is 1.93. The van der Waals surface area contributed by atoms with Gasteiger partial charge in [0.15, 0.2) is 0 Å². The van der Waals surface area contributed by atoms with Gasteiger partial charge in [0.1, 0.15) is 6.42 Å².